The molecule has 0 aliphatic carbocycles. The minimum absolute atomic E-state index is 0.271. The van der Waals surface area contributed by atoms with Crippen LogP contribution in [0.1, 0.15) is 13.8 Å². The first kappa shape index (κ1) is 16.2. The van der Waals surface area contributed by atoms with Gasteiger partial charge in [-0.05, 0) is 41.6 Å². The first-order chi connectivity index (χ1) is 11.6. The number of aromatic amines is 1. The Morgan fingerprint density at radius 1 is 1.21 bits per heavy atom. The van der Waals surface area contributed by atoms with Crippen LogP contribution in [-0.2, 0) is 0 Å². The van der Waals surface area contributed by atoms with E-state index in [9.17, 15) is 4.79 Å². The summed E-state index contributed by atoms with van der Waals surface area (Å²) in [6, 6.07) is 11.2. The van der Waals surface area contributed by atoms with E-state index in [1.165, 1.54) is 11.3 Å². The summed E-state index contributed by atoms with van der Waals surface area (Å²) < 4.78 is 5.64. The van der Waals surface area contributed by atoms with Crippen molar-refractivity contribution in [3.63, 3.8) is 0 Å². The van der Waals surface area contributed by atoms with Gasteiger partial charge < -0.3 is 10.1 Å². The molecule has 3 rings (SSSR count). The SMILES string of the molecule is CC(C)COc1ccc(Nc2nnc(-c3cccs3)c(=O)[nH]2)cc1. The van der Waals surface area contributed by atoms with E-state index in [4.69, 9.17) is 4.74 Å². The van der Waals surface area contributed by atoms with Crippen LogP contribution in [0, 0.1) is 5.92 Å². The molecule has 0 radical (unpaired) electrons. The van der Waals surface area contributed by atoms with Crippen molar-refractivity contribution < 1.29 is 4.74 Å². The second-order valence-electron chi connectivity index (χ2n) is 5.68. The molecule has 2 heterocycles. The third kappa shape index (κ3) is 3.99. The average molecular weight is 342 g/mol. The number of hydrogen-bond acceptors (Lipinski definition) is 6. The lowest BCUT2D eigenvalue weighted by atomic mass is 10.2. The largest absolute Gasteiger partial charge is 0.493 e. The maximum Gasteiger partial charge on any atom is 0.280 e. The highest BCUT2D eigenvalue weighted by Gasteiger charge is 2.08. The van der Waals surface area contributed by atoms with Gasteiger partial charge in [0.15, 0.2) is 5.69 Å². The number of ether oxygens (including phenoxy) is 1. The van der Waals surface area contributed by atoms with Crippen LogP contribution in [0.4, 0.5) is 11.6 Å². The van der Waals surface area contributed by atoms with Gasteiger partial charge in [0.2, 0.25) is 5.95 Å². The summed E-state index contributed by atoms with van der Waals surface area (Å²) in [7, 11) is 0. The Morgan fingerprint density at radius 2 is 2.00 bits per heavy atom. The summed E-state index contributed by atoms with van der Waals surface area (Å²) in [5.41, 5.74) is 0.848. The fraction of sp³-hybridized carbons (Fsp3) is 0.235. The van der Waals surface area contributed by atoms with E-state index in [0.29, 0.717) is 24.2 Å². The smallest absolute Gasteiger partial charge is 0.280 e. The highest BCUT2D eigenvalue weighted by molar-refractivity contribution is 7.13. The van der Waals surface area contributed by atoms with Crippen LogP contribution in [0.5, 0.6) is 5.75 Å². The Bertz CT molecular complexity index is 842. The van der Waals surface area contributed by atoms with Gasteiger partial charge >= 0.3 is 0 Å². The molecule has 0 amide bonds. The molecule has 24 heavy (non-hydrogen) atoms. The molecule has 0 fully saturated rings. The lowest BCUT2D eigenvalue weighted by molar-refractivity contribution is 0.271. The van der Waals surface area contributed by atoms with Crippen molar-refractivity contribution >= 4 is 23.0 Å². The van der Waals surface area contributed by atoms with Crippen molar-refractivity contribution in [2.75, 3.05) is 11.9 Å². The van der Waals surface area contributed by atoms with Gasteiger partial charge in [-0.1, -0.05) is 19.9 Å². The molecular formula is C17H18N4O2S. The molecule has 124 valence electrons. The summed E-state index contributed by atoms with van der Waals surface area (Å²) in [5.74, 6) is 1.59. The van der Waals surface area contributed by atoms with E-state index >= 15 is 0 Å². The van der Waals surface area contributed by atoms with Crippen molar-refractivity contribution in [1.29, 1.82) is 0 Å². The number of hydrogen-bond donors (Lipinski definition) is 2. The third-order valence-corrected chi connectivity index (χ3v) is 4.03. The van der Waals surface area contributed by atoms with Gasteiger partial charge in [0.1, 0.15) is 5.75 Å². The number of nitrogens with zero attached hydrogens (tertiary/aromatic N) is 2. The minimum atomic E-state index is -0.271. The quantitative estimate of drug-likeness (QED) is 0.714. The number of benzene rings is 1. The van der Waals surface area contributed by atoms with Crippen LogP contribution >= 0.6 is 11.3 Å². The zero-order chi connectivity index (χ0) is 16.9. The van der Waals surface area contributed by atoms with E-state index in [1.54, 1.807) is 0 Å². The molecule has 0 aliphatic rings. The Kier molecular flexibility index (Phi) is 4.90. The normalized spacial score (nSPS) is 10.8. The lowest BCUT2D eigenvalue weighted by Gasteiger charge is -2.09. The first-order valence-electron chi connectivity index (χ1n) is 7.62. The number of rotatable bonds is 6. The highest BCUT2D eigenvalue weighted by atomic mass is 32.1. The molecular weight excluding hydrogens is 324 g/mol. The Balaban J connectivity index is 1.70. The van der Waals surface area contributed by atoms with Crippen molar-refractivity contribution in [2.45, 2.75) is 13.8 Å². The standard InChI is InChI=1S/C17H18N4O2S/c1-11(2)10-23-13-7-5-12(6-8-13)18-17-19-16(22)15(20-21-17)14-4-3-9-24-14/h3-9,11H,10H2,1-2H3,(H2,18,19,21,22). The van der Waals surface area contributed by atoms with Crippen molar-refractivity contribution in [1.82, 2.24) is 15.2 Å². The second-order valence-corrected chi connectivity index (χ2v) is 6.63. The maximum atomic E-state index is 12.1. The van der Waals surface area contributed by atoms with Gasteiger partial charge in [-0.25, -0.2) is 0 Å². The number of aromatic nitrogens is 3. The van der Waals surface area contributed by atoms with Gasteiger partial charge in [0.05, 0.1) is 11.5 Å². The fourth-order valence-electron chi connectivity index (χ4n) is 2.00. The van der Waals surface area contributed by atoms with Gasteiger partial charge in [0, 0.05) is 5.69 Å². The van der Waals surface area contributed by atoms with E-state index in [0.717, 1.165) is 16.3 Å². The van der Waals surface area contributed by atoms with Crippen LogP contribution in [0.25, 0.3) is 10.6 Å². The highest BCUT2D eigenvalue weighted by Crippen LogP contribution is 2.20. The summed E-state index contributed by atoms with van der Waals surface area (Å²) in [6.45, 7) is 4.88. The summed E-state index contributed by atoms with van der Waals surface area (Å²) in [6.07, 6.45) is 0. The monoisotopic (exact) mass is 342 g/mol. The van der Waals surface area contributed by atoms with E-state index < -0.39 is 0 Å². The van der Waals surface area contributed by atoms with Crippen LogP contribution in [0.2, 0.25) is 0 Å². The zero-order valence-electron chi connectivity index (χ0n) is 13.4. The maximum absolute atomic E-state index is 12.1. The Hall–Kier alpha value is -2.67. The molecule has 3 aromatic rings. The predicted octanol–water partition coefficient (Wildman–Crippen LogP) is 3.67. The topological polar surface area (TPSA) is 79.9 Å². The molecule has 0 atom stereocenters. The van der Waals surface area contributed by atoms with E-state index in [2.05, 4.69) is 34.3 Å². The number of nitrogens with one attached hydrogen (secondary N) is 2. The molecule has 0 saturated carbocycles. The number of anilines is 2. The Morgan fingerprint density at radius 3 is 2.62 bits per heavy atom. The first-order valence-corrected chi connectivity index (χ1v) is 8.50. The molecule has 0 spiro atoms. The molecule has 7 heteroatoms. The number of thiophene rings is 1. The van der Waals surface area contributed by atoms with Crippen LogP contribution < -0.4 is 15.6 Å². The molecule has 2 aromatic heterocycles. The van der Waals surface area contributed by atoms with Crippen molar-refractivity contribution in [3.8, 4) is 16.3 Å². The fourth-order valence-corrected chi connectivity index (χ4v) is 2.71. The van der Waals surface area contributed by atoms with Gasteiger partial charge in [0.25, 0.3) is 5.56 Å². The summed E-state index contributed by atoms with van der Waals surface area (Å²) in [5, 5.41) is 13.0. The Labute approximate surface area is 143 Å². The average Bonchev–Trinajstić information content (AvgIpc) is 3.08. The summed E-state index contributed by atoms with van der Waals surface area (Å²) in [4.78, 5) is 15.6. The van der Waals surface area contributed by atoms with Crippen molar-refractivity contribution in [2.24, 2.45) is 5.92 Å². The second kappa shape index (κ2) is 7.27. The van der Waals surface area contributed by atoms with E-state index in [1.807, 2.05) is 41.8 Å². The molecule has 0 saturated heterocycles. The predicted molar refractivity (Wildman–Crippen MR) is 96.0 cm³/mol. The van der Waals surface area contributed by atoms with Gasteiger partial charge in [-0.3, -0.25) is 9.78 Å². The van der Waals surface area contributed by atoms with E-state index in [-0.39, 0.29) is 5.56 Å². The third-order valence-electron chi connectivity index (χ3n) is 3.15. The molecule has 0 aliphatic heterocycles. The summed E-state index contributed by atoms with van der Waals surface area (Å²) >= 11 is 1.45. The van der Waals surface area contributed by atoms with Crippen LogP contribution in [0.3, 0.4) is 0 Å². The number of H-pyrrole nitrogens is 1. The van der Waals surface area contributed by atoms with Gasteiger partial charge in [-0.15, -0.1) is 21.5 Å². The molecule has 6 nitrogen and oxygen atoms in total. The van der Waals surface area contributed by atoms with Gasteiger partial charge in [-0.2, -0.15) is 0 Å². The van der Waals surface area contributed by atoms with Crippen LogP contribution in [0.15, 0.2) is 46.6 Å². The molecule has 1 aromatic carbocycles. The molecule has 2 N–H and O–H groups in total. The van der Waals surface area contributed by atoms with Crippen LogP contribution in [-0.4, -0.2) is 21.8 Å². The lowest BCUT2D eigenvalue weighted by Crippen LogP contribution is -2.15. The van der Waals surface area contributed by atoms with Crippen molar-refractivity contribution in [3.05, 3.63) is 52.1 Å². The minimum Gasteiger partial charge on any atom is -0.493 e. The zero-order valence-corrected chi connectivity index (χ0v) is 14.3. The molecule has 0 bridgehead atoms. The molecule has 0 unspecified atom stereocenters.